The van der Waals surface area contributed by atoms with E-state index in [-0.39, 0.29) is 12.1 Å². The highest BCUT2D eigenvalue weighted by Gasteiger charge is 2.47. The molecule has 3 unspecified atom stereocenters. The molecule has 0 bridgehead atoms. The van der Waals surface area contributed by atoms with Crippen LogP contribution in [0.25, 0.3) is 0 Å². The Morgan fingerprint density at radius 2 is 1.70 bits per heavy atom. The van der Waals surface area contributed by atoms with Crippen LogP contribution in [0.4, 0.5) is 13.2 Å². The van der Waals surface area contributed by atoms with Gasteiger partial charge in [-0.2, -0.15) is 13.2 Å². The Hall–Kier alpha value is -2.83. The Morgan fingerprint density at radius 3 is 2.33 bits per heavy atom. The number of alkyl halides is 3. The van der Waals surface area contributed by atoms with E-state index in [1.54, 1.807) is 30.3 Å². The third-order valence-electron chi connectivity index (χ3n) is 4.77. The van der Waals surface area contributed by atoms with E-state index in [4.69, 9.17) is 0 Å². The smallest absolute Gasteiger partial charge is 0.416 e. The largest absolute Gasteiger partial charge is 0.481 e. The molecule has 0 heterocycles. The lowest BCUT2D eigenvalue weighted by Crippen LogP contribution is -2.33. The van der Waals surface area contributed by atoms with Crippen LogP contribution in [0.3, 0.4) is 0 Å². The molecule has 1 amide bonds. The summed E-state index contributed by atoms with van der Waals surface area (Å²) in [4.78, 5) is 23.8. The van der Waals surface area contributed by atoms with Gasteiger partial charge in [-0.05, 0) is 29.5 Å². The van der Waals surface area contributed by atoms with E-state index in [0.717, 1.165) is 6.07 Å². The van der Waals surface area contributed by atoms with Crippen LogP contribution in [0.1, 0.15) is 34.9 Å². The van der Waals surface area contributed by atoms with E-state index in [9.17, 15) is 27.9 Å². The quantitative estimate of drug-likeness (QED) is 0.805. The van der Waals surface area contributed by atoms with Gasteiger partial charge < -0.3 is 10.4 Å². The van der Waals surface area contributed by atoms with Crippen molar-refractivity contribution in [3.8, 4) is 0 Å². The highest BCUT2D eigenvalue weighted by molar-refractivity contribution is 5.84. The second-order valence-corrected chi connectivity index (χ2v) is 6.58. The van der Waals surface area contributed by atoms with Crippen molar-refractivity contribution < 1.29 is 27.9 Å². The molecule has 142 valence electrons. The summed E-state index contributed by atoms with van der Waals surface area (Å²) >= 11 is 0. The fourth-order valence-electron chi connectivity index (χ4n) is 3.27. The van der Waals surface area contributed by atoms with Gasteiger partial charge in [-0.25, -0.2) is 0 Å². The first kappa shape index (κ1) is 18.9. The molecular formula is C20H18F3NO3. The number of halogens is 3. The number of carbonyl (C=O) groups is 2. The average Bonchev–Trinajstić information content (AvgIpc) is 3.42. The molecule has 2 aromatic carbocycles. The number of carboxylic acid groups (broad SMARTS) is 1. The first-order valence-electron chi connectivity index (χ1n) is 8.50. The minimum atomic E-state index is -4.47. The zero-order valence-corrected chi connectivity index (χ0v) is 14.2. The van der Waals surface area contributed by atoms with Crippen molar-refractivity contribution in [2.24, 2.45) is 5.92 Å². The highest BCUT2D eigenvalue weighted by Crippen LogP contribution is 2.51. The second kappa shape index (κ2) is 7.42. The fraction of sp³-hybridized carbons (Fsp3) is 0.300. The molecule has 0 spiro atoms. The molecule has 2 N–H and O–H groups in total. The number of hydrogen-bond donors (Lipinski definition) is 2. The van der Waals surface area contributed by atoms with E-state index >= 15 is 0 Å². The van der Waals surface area contributed by atoms with Crippen molar-refractivity contribution in [1.29, 1.82) is 0 Å². The molecule has 7 heteroatoms. The van der Waals surface area contributed by atoms with E-state index in [1.807, 2.05) is 0 Å². The molecule has 0 aromatic heterocycles. The van der Waals surface area contributed by atoms with Crippen molar-refractivity contribution in [2.45, 2.75) is 24.4 Å². The van der Waals surface area contributed by atoms with Crippen molar-refractivity contribution in [3.05, 3.63) is 71.3 Å². The Bertz CT molecular complexity index is 836. The molecule has 0 radical (unpaired) electrons. The lowest BCUT2D eigenvalue weighted by molar-refractivity contribution is -0.139. The van der Waals surface area contributed by atoms with Gasteiger partial charge in [0.05, 0.1) is 11.5 Å². The van der Waals surface area contributed by atoms with Crippen LogP contribution in [-0.4, -0.2) is 23.5 Å². The van der Waals surface area contributed by atoms with Gasteiger partial charge in [-0.1, -0.05) is 48.5 Å². The summed E-state index contributed by atoms with van der Waals surface area (Å²) in [6.07, 6.45) is -4.15. The highest BCUT2D eigenvalue weighted by atomic mass is 19.4. The van der Waals surface area contributed by atoms with Gasteiger partial charge in [0, 0.05) is 12.5 Å². The maximum absolute atomic E-state index is 13.1. The van der Waals surface area contributed by atoms with Crippen LogP contribution in [0.15, 0.2) is 54.6 Å². The van der Waals surface area contributed by atoms with Crippen LogP contribution in [0.5, 0.6) is 0 Å². The second-order valence-electron chi connectivity index (χ2n) is 6.58. The molecule has 1 aliphatic rings. The molecule has 0 aliphatic heterocycles. The van der Waals surface area contributed by atoms with Crippen molar-refractivity contribution in [1.82, 2.24) is 5.32 Å². The molecule has 27 heavy (non-hydrogen) atoms. The first-order valence-corrected chi connectivity index (χ1v) is 8.50. The average molecular weight is 377 g/mol. The van der Waals surface area contributed by atoms with E-state index in [2.05, 4.69) is 5.32 Å². The molecular weight excluding hydrogens is 359 g/mol. The molecule has 4 nitrogen and oxygen atoms in total. The van der Waals surface area contributed by atoms with Crippen LogP contribution in [0, 0.1) is 5.92 Å². The zero-order valence-electron chi connectivity index (χ0n) is 14.2. The Balaban J connectivity index is 1.65. The number of aliphatic carboxylic acids is 1. The summed E-state index contributed by atoms with van der Waals surface area (Å²) < 4.78 is 39.4. The van der Waals surface area contributed by atoms with Crippen LogP contribution in [-0.2, 0) is 15.8 Å². The predicted octanol–water partition coefficient (Wildman–Crippen LogP) is 3.79. The summed E-state index contributed by atoms with van der Waals surface area (Å²) in [5.41, 5.74) is -0.0546. The van der Waals surface area contributed by atoms with Gasteiger partial charge in [-0.3, -0.25) is 9.59 Å². The van der Waals surface area contributed by atoms with Gasteiger partial charge in [0.15, 0.2) is 0 Å². The van der Waals surface area contributed by atoms with Crippen LogP contribution in [0.2, 0.25) is 0 Å². The van der Waals surface area contributed by atoms with Gasteiger partial charge in [0.2, 0.25) is 5.91 Å². The number of nitrogens with one attached hydrogen (secondary N) is 1. The summed E-state index contributed by atoms with van der Waals surface area (Å²) in [5, 5.41) is 12.0. The zero-order chi connectivity index (χ0) is 19.6. The number of carboxylic acids is 1. The molecule has 3 rings (SSSR count). The molecule has 1 aliphatic carbocycles. The standard InChI is InChI=1S/C20H18F3NO3/c21-20(22,23)17-9-5-4-8-13(17)14-10-15(14)18(25)24-11-16(19(26)27)12-6-2-1-3-7-12/h1-9,14-16H,10-11H2,(H,24,25)(H,26,27). The normalized spacial score (nSPS) is 20.0. The fourth-order valence-corrected chi connectivity index (χ4v) is 3.27. The predicted molar refractivity (Wildman–Crippen MR) is 92.1 cm³/mol. The minimum Gasteiger partial charge on any atom is -0.481 e. The summed E-state index contributed by atoms with van der Waals surface area (Å²) in [7, 11) is 0. The lowest BCUT2D eigenvalue weighted by atomic mass is 9.99. The summed E-state index contributed by atoms with van der Waals surface area (Å²) in [5.74, 6) is -3.47. The number of carbonyl (C=O) groups excluding carboxylic acids is 1. The third-order valence-corrected chi connectivity index (χ3v) is 4.77. The maximum atomic E-state index is 13.1. The Morgan fingerprint density at radius 1 is 1.07 bits per heavy atom. The number of rotatable bonds is 6. The van der Waals surface area contributed by atoms with E-state index in [0.29, 0.717) is 12.0 Å². The number of hydrogen-bond acceptors (Lipinski definition) is 2. The summed E-state index contributed by atoms with van der Waals surface area (Å²) in [6.45, 7) is -0.109. The van der Waals surface area contributed by atoms with Crippen LogP contribution >= 0.6 is 0 Å². The van der Waals surface area contributed by atoms with Crippen molar-refractivity contribution in [3.63, 3.8) is 0 Å². The molecule has 3 atom stereocenters. The number of benzene rings is 2. The van der Waals surface area contributed by atoms with Crippen molar-refractivity contribution in [2.75, 3.05) is 6.54 Å². The lowest BCUT2D eigenvalue weighted by Gasteiger charge is -2.14. The minimum absolute atomic E-state index is 0.109. The molecule has 2 aromatic rings. The monoisotopic (exact) mass is 377 g/mol. The molecule has 0 saturated heterocycles. The SMILES string of the molecule is O=C(O)C(CNC(=O)C1CC1c1ccccc1C(F)(F)F)c1ccccc1. The van der Waals surface area contributed by atoms with Gasteiger partial charge in [0.25, 0.3) is 0 Å². The Labute approximate surface area is 154 Å². The number of amides is 1. The topological polar surface area (TPSA) is 66.4 Å². The third kappa shape index (κ3) is 4.30. The van der Waals surface area contributed by atoms with Gasteiger partial charge in [0.1, 0.15) is 0 Å². The Kier molecular flexibility index (Phi) is 5.21. The van der Waals surface area contributed by atoms with Gasteiger partial charge in [-0.15, -0.1) is 0 Å². The van der Waals surface area contributed by atoms with E-state index < -0.39 is 41.4 Å². The first-order chi connectivity index (χ1) is 12.8. The summed E-state index contributed by atoms with van der Waals surface area (Å²) in [6, 6.07) is 13.7. The van der Waals surface area contributed by atoms with Gasteiger partial charge >= 0.3 is 12.1 Å². The van der Waals surface area contributed by atoms with E-state index in [1.165, 1.54) is 18.2 Å². The molecule has 1 saturated carbocycles. The van der Waals surface area contributed by atoms with Crippen molar-refractivity contribution >= 4 is 11.9 Å². The van der Waals surface area contributed by atoms with Crippen LogP contribution < -0.4 is 5.32 Å². The maximum Gasteiger partial charge on any atom is 0.416 e. The molecule has 1 fully saturated rings.